The summed E-state index contributed by atoms with van der Waals surface area (Å²) < 4.78 is 34.7. The van der Waals surface area contributed by atoms with Crippen LogP contribution in [0.5, 0.6) is 0 Å². The van der Waals surface area contributed by atoms with Crippen LogP contribution in [-0.4, -0.2) is 40.8 Å². The molecular formula is C26H25F2N5O. The van der Waals surface area contributed by atoms with Crippen LogP contribution in [0.15, 0.2) is 48.7 Å². The monoisotopic (exact) mass is 461 g/mol. The Kier molecular flexibility index (Phi) is 5.83. The maximum absolute atomic E-state index is 15.0. The predicted octanol–water partition coefficient (Wildman–Crippen LogP) is 5.56. The van der Waals surface area contributed by atoms with Crippen LogP contribution in [0.25, 0.3) is 22.3 Å². The molecule has 0 aliphatic carbocycles. The second-order valence-electron chi connectivity index (χ2n) is 8.58. The van der Waals surface area contributed by atoms with E-state index in [0.29, 0.717) is 41.7 Å². The lowest BCUT2D eigenvalue weighted by molar-refractivity contribution is 0.0985. The minimum absolute atomic E-state index is 0.194. The smallest absolute Gasteiger partial charge is 0.137 e. The highest BCUT2D eigenvalue weighted by molar-refractivity contribution is 5.98. The summed E-state index contributed by atoms with van der Waals surface area (Å²) in [6.45, 7) is 7.92. The Hall–Kier alpha value is -3.65. The molecule has 0 saturated carbocycles. The lowest BCUT2D eigenvalue weighted by Crippen LogP contribution is -2.44. The van der Waals surface area contributed by atoms with Crippen molar-refractivity contribution in [2.24, 2.45) is 0 Å². The van der Waals surface area contributed by atoms with E-state index < -0.39 is 11.6 Å². The number of ether oxygens (including phenoxy) is 1. The predicted molar refractivity (Wildman–Crippen MR) is 130 cm³/mol. The molecule has 34 heavy (non-hydrogen) atoms. The highest BCUT2D eigenvalue weighted by atomic mass is 19.1. The summed E-state index contributed by atoms with van der Waals surface area (Å²) >= 11 is 0. The van der Waals surface area contributed by atoms with Crippen molar-refractivity contribution in [2.45, 2.75) is 26.8 Å². The number of pyridine rings is 3. The average molecular weight is 462 g/mol. The maximum atomic E-state index is 15.0. The second kappa shape index (κ2) is 8.95. The van der Waals surface area contributed by atoms with Crippen molar-refractivity contribution in [2.75, 3.05) is 30.0 Å². The van der Waals surface area contributed by atoms with E-state index in [0.717, 1.165) is 24.0 Å². The fourth-order valence-corrected chi connectivity index (χ4v) is 4.33. The van der Waals surface area contributed by atoms with E-state index in [1.807, 2.05) is 44.2 Å². The molecule has 0 bridgehead atoms. The number of halogens is 2. The van der Waals surface area contributed by atoms with Crippen molar-refractivity contribution >= 4 is 28.2 Å². The number of fused-ring (bicyclic) bond motifs is 1. The van der Waals surface area contributed by atoms with Crippen molar-refractivity contribution < 1.29 is 13.5 Å². The molecule has 1 saturated heterocycles. The van der Waals surface area contributed by atoms with Crippen molar-refractivity contribution in [3.63, 3.8) is 0 Å². The number of morpholine rings is 1. The van der Waals surface area contributed by atoms with Gasteiger partial charge >= 0.3 is 0 Å². The lowest BCUT2D eigenvalue weighted by atomic mass is 10.0. The van der Waals surface area contributed by atoms with Gasteiger partial charge in [0, 0.05) is 30.4 Å². The molecule has 3 aromatic heterocycles. The number of anilines is 3. The molecule has 4 aromatic rings. The van der Waals surface area contributed by atoms with Gasteiger partial charge in [-0.25, -0.2) is 18.7 Å². The molecule has 4 heterocycles. The van der Waals surface area contributed by atoms with Gasteiger partial charge in [0.25, 0.3) is 0 Å². The third-order valence-electron chi connectivity index (χ3n) is 6.05. The van der Waals surface area contributed by atoms with E-state index in [9.17, 15) is 4.39 Å². The molecule has 1 unspecified atom stereocenters. The Bertz CT molecular complexity index is 1380. The molecular weight excluding hydrogens is 436 g/mol. The van der Waals surface area contributed by atoms with Gasteiger partial charge in [-0.15, -0.1) is 0 Å². The Morgan fingerprint density at radius 3 is 2.74 bits per heavy atom. The van der Waals surface area contributed by atoms with Gasteiger partial charge in [0.15, 0.2) is 0 Å². The maximum Gasteiger partial charge on any atom is 0.137 e. The number of hydrogen-bond acceptors (Lipinski definition) is 6. The molecule has 0 amide bonds. The third-order valence-corrected chi connectivity index (χ3v) is 6.05. The van der Waals surface area contributed by atoms with Crippen LogP contribution < -0.4 is 10.2 Å². The SMILES string of the molecule is Cc1ccnc(-c2nc3cc(F)cc(F)c3c(Nc3cccc(N4CCOCC4C)n3)c2C)c1. The zero-order chi connectivity index (χ0) is 23.8. The minimum Gasteiger partial charge on any atom is -0.377 e. The molecule has 0 spiro atoms. The number of aryl methyl sites for hydroxylation is 1. The summed E-state index contributed by atoms with van der Waals surface area (Å²) in [5, 5.41) is 3.51. The highest BCUT2D eigenvalue weighted by Crippen LogP contribution is 2.36. The highest BCUT2D eigenvalue weighted by Gasteiger charge is 2.22. The first-order valence-electron chi connectivity index (χ1n) is 11.2. The van der Waals surface area contributed by atoms with E-state index >= 15 is 4.39 Å². The summed E-state index contributed by atoms with van der Waals surface area (Å²) in [4.78, 5) is 16.0. The number of nitrogens with one attached hydrogen (secondary N) is 1. The number of aromatic nitrogens is 3. The topological polar surface area (TPSA) is 63.2 Å². The van der Waals surface area contributed by atoms with Gasteiger partial charge in [-0.05, 0) is 50.6 Å². The molecule has 6 nitrogen and oxygen atoms in total. The van der Waals surface area contributed by atoms with Crippen LogP contribution in [0.1, 0.15) is 18.1 Å². The first kappa shape index (κ1) is 22.2. The van der Waals surface area contributed by atoms with Gasteiger partial charge in [0.2, 0.25) is 0 Å². The van der Waals surface area contributed by atoms with Gasteiger partial charge in [0.05, 0.1) is 47.2 Å². The van der Waals surface area contributed by atoms with E-state index in [1.165, 1.54) is 6.07 Å². The van der Waals surface area contributed by atoms with Gasteiger partial charge < -0.3 is 15.0 Å². The molecule has 1 aromatic carbocycles. The quantitative estimate of drug-likeness (QED) is 0.430. The molecule has 1 atom stereocenters. The minimum atomic E-state index is -0.685. The second-order valence-corrected chi connectivity index (χ2v) is 8.58. The third kappa shape index (κ3) is 4.17. The Balaban J connectivity index is 1.64. The van der Waals surface area contributed by atoms with Crippen LogP contribution in [0.3, 0.4) is 0 Å². The van der Waals surface area contributed by atoms with Crippen molar-refractivity contribution in [1.29, 1.82) is 0 Å². The summed E-state index contributed by atoms with van der Waals surface area (Å²) in [6.07, 6.45) is 1.70. The largest absolute Gasteiger partial charge is 0.377 e. The fraction of sp³-hybridized carbons (Fsp3) is 0.269. The Labute approximate surface area is 196 Å². The van der Waals surface area contributed by atoms with Crippen LogP contribution in [0.2, 0.25) is 0 Å². The summed E-state index contributed by atoms with van der Waals surface area (Å²) in [5.41, 5.74) is 3.60. The standard InChI is InChI=1S/C26H25F2N5O/c1-15-7-8-29-21(11-15)25-17(3)26(24-19(28)12-18(27)13-20(24)30-25)32-22-5-4-6-23(31-22)33-9-10-34-14-16(33)2/h4-8,11-13,16H,9-10,14H2,1-3H3,(H,30,31,32). The normalized spacial score (nSPS) is 16.1. The Morgan fingerprint density at radius 2 is 1.94 bits per heavy atom. The van der Waals surface area contributed by atoms with Crippen LogP contribution in [0.4, 0.5) is 26.1 Å². The van der Waals surface area contributed by atoms with E-state index in [4.69, 9.17) is 9.72 Å². The van der Waals surface area contributed by atoms with E-state index in [-0.39, 0.29) is 16.9 Å². The molecule has 1 fully saturated rings. The molecule has 174 valence electrons. The van der Waals surface area contributed by atoms with Gasteiger partial charge in [-0.1, -0.05) is 6.07 Å². The van der Waals surface area contributed by atoms with Gasteiger partial charge in [-0.2, -0.15) is 0 Å². The van der Waals surface area contributed by atoms with Crippen molar-refractivity contribution in [1.82, 2.24) is 15.0 Å². The summed E-state index contributed by atoms with van der Waals surface area (Å²) in [5.74, 6) is -0.00531. The molecule has 8 heteroatoms. The van der Waals surface area contributed by atoms with E-state index in [1.54, 1.807) is 6.20 Å². The van der Waals surface area contributed by atoms with E-state index in [2.05, 4.69) is 27.1 Å². The molecule has 1 aliphatic heterocycles. The summed E-state index contributed by atoms with van der Waals surface area (Å²) in [7, 11) is 0. The Morgan fingerprint density at radius 1 is 1.09 bits per heavy atom. The number of benzene rings is 1. The van der Waals surface area contributed by atoms with Crippen molar-refractivity contribution in [3.8, 4) is 11.4 Å². The van der Waals surface area contributed by atoms with Crippen LogP contribution >= 0.6 is 0 Å². The van der Waals surface area contributed by atoms with Crippen LogP contribution in [-0.2, 0) is 4.74 Å². The molecule has 1 N–H and O–H groups in total. The van der Waals surface area contributed by atoms with Gasteiger partial charge in [-0.3, -0.25) is 4.98 Å². The zero-order valence-electron chi connectivity index (χ0n) is 19.3. The number of hydrogen-bond donors (Lipinski definition) is 1. The number of rotatable bonds is 4. The first-order chi connectivity index (χ1) is 16.4. The first-order valence-corrected chi connectivity index (χ1v) is 11.2. The fourth-order valence-electron chi connectivity index (χ4n) is 4.33. The lowest BCUT2D eigenvalue weighted by Gasteiger charge is -2.34. The van der Waals surface area contributed by atoms with Crippen LogP contribution in [0, 0.1) is 25.5 Å². The molecule has 1 aliphatic rings. The molecule has 5 rings (SSSR count). The average Bonchev–Trinajstić information content (AvgIpc) is 2.81. The van der Waals surface area contributed by atoms with Gasteiger partial charge in [0.1, 0.15) is 23.3 Å². The summed E-state index contributed by atoms with van der Waals surface area (Å²) in [6, 6.07) is 11.8. The zero-order valence-corrected chi connectivity index (χ0v) is 19.3. The van der Waals surface area contributed by atoms with Crippen molar-refractivity contribution in [3.05, 3.63) is 71.4 Å². The number of nitrogens with zero attached hydrogens (tertiary/aromatic N) is 4. The molecule has 0 radical (unpaired) electrons.